The molecule has 0 bridgehead atoms. The van der Waals surface area contributed by atoms with E-state index in [-0.39, 0.29) is 22.8 Å². The summed E-state index contributed by atoms with van der Waals surface area (Å²) in [4.78, 5) is 26.9. The first-order chi connectivity index (χ1) is 13.0. The fourth-order valence-corrected chi connectivity index (χ4v) is 2.54. The van der Waals surface area contributed by atoms with Gasteiger partial charge >= 0.3 is 5.97 Å². The first-order valence-electron chi connectivity index (χ1n) is 8.10. The van der Waals surface area contributed by atoms with Crippen LogP contribution in [0.5, 0.6) is 11.5 Å². The number of rotatable bonds is 6. The van der Waals surface area contributed by atoms with Crippen molar-refractivity contribution < 1.29 is 23.9 Å². The van der Waals surface area contributed by atoms with Crippen LogP contribution in [0.4, 0.5) is 5.69 Å². The zero-order valence-electron chi connectivity index (χ0n) is 14.7. The largest absolute Gasteiger partial charge is 0.496 e. The summed E-state index contributed by atoms with van der Waals surface area (Å²) in [6, 6.07) is 11.2. The quantitative estimate of drug-likeness (QED) is 0.335. The molecule has 138 valence electrons. The summed E-state index contributed by atoms with van der Waals surface area (Å²) in [5, 5.41) is 11.0. The molecule has 0 fully saturated rings. The van der Waals surface area contributed by atoms with Gasteiger partial charge in [-0.15, -0.1) is 0 Å². The molecule has 0 unspecified atom stereocenters. The van der Waals surface area contributed by atoms with Gasteiger partial charge in [0.2, 0.25) is 5.90 Å². The van der Waals surface area contributed by atoms with Crippen LogP contribution in [0.1, 0.15) is 18.1 Å². The molecule has 0 saturated heterocycles. The zero-order chi connectivity index (χ0) is 19.4. The number of methoxy groups -OCH3 is 1. The number of para-hydroxylation sites is 1. The zero-order valence-corrected chi connectivity index (χ0v) is 14.7. The van der Waals surface area contributed by atoms with E-state index in [1.807, 2.05) is 19.1 Å². The number of nitro groups is 1. The molecule has 1 aliphatic heterocycles. The van der Waals surface area contributed by atoms with E-state index < -0.39 is 10.9 Å². The molecule has 1 heterocycles. The maximum Gasteiger partial charge on any atom is 0.363 e. The van der Waals surface area contributed by atoms with Crippen molar-refractivity contribution in [3.63, 3.8) is 0 Å². The minimum atomic E-state index is -0.662. The van der Waals surface area contributed by atoms with E-state index in [0.717, 1.165) is 0 Å². The standard InChI is InChI=1S/C19H16N2O6/c1-3-26-16-7-5-4-6-12(16)10-15-19(22)27-18(20-15)14-11-13(21(23)24)8-9-17(14)25-2/h4-11H,3H2,1-2H3. The Labute approximate surface area is 154 Å². The Morgan fingerprint density at radius 2 is 2.00 bits per heavy atom. The highest BCUT2D eigenvalue weighted by Gasteiger charge is 2.28. The lowest BCUT2D eigenvalue weighted by molar-refractivity contribution is -0.384. The predicted octanol–water partition coefficient (Wildman–Crippen LogP) is 3.35. The van der Waals surface area contributed by atoms with Gasteiger partial charge in [0.05, 0.1) is 24.2 Å². The van der Waals surface area contributed by atoms with Crippen molar-refractivity contribution >= 4 is 23.6 Å². The second kappa shape index (κ2) is 7.69. The molecule has 2 aromatic carbocycles. The Morgan fingerprint density at radius 3 is 2.70 bits per heavy atom. The lowest BCUT2D eigenvalue weighted by Gasteiger charge is -2.06. The van der Waals surface area contributed by atoms with Crippen LogP contribution in [-0.4, -0.2) is 30.5 Å². The van der Waals surface area contributed by atoms with Crippen molar-refractivity contribution in [1.29, 1.82) is 0 Å². The van der Waals surface area contributed by atoms with E-state index in [1.165, 1.54) is 25.3 Å². The van der Waals surface area contributed by atoms with Crippen LogP contribution in [0.2, 0.25) is 0 Å². The van der Waals surface area contributed by atoms with E-state index >= 15 is 0 Å². The average Bonchev–Trinajstić information content (AvgIpc) is 3.03. The Kier molecular flexibility index (Phi) is 5.16. The second-order valence-electron chi connectivity index (χ2n) is 5.45. The minimum Gasteiger partial charge on any atom is -0.496 e. The molecule has 27 heavy (non-hydrogen) atoms. The molecule has 0 N–H and O–H groups in total. The number of carbonyl (C=O) groups is 1. The number of esters is 1. The maximum atomic E-state index is 12.2. The summed E-state index contributed by atoms with van der Waals surface area (Å²) < 4.78 is 15.9. The SMILES string of the molecule is CCOc1ccccc1C=C1N=C(c2cc([N+](=O)[O-])ccc2OC)OC1=O. The van der Waals surface area contributed by atoms with Gasteiger partial charge in [0, 0.05) is 17.7 Å². The summed E-state index contributed by atoms with van der Waals surface area (Å²) in [5.74, 6) is 0.200. The van der Waals surface area contributed by atoms with E-state index in [4.69, 9.17) is 14.2 Å². The van der Waals surface area contributed by atoms with Crippen molar-refractivity contribution in [3.05, 3.63) is 69.4 Å². The van der Waals surface area contributed by atoms with Crippen LogP contribution in [0, 0.1) is 10.1 Å². The van der Waals surface area contributed by atoms with Crippen LogP contribution in [0.3, 0.4) is 0 Å². The Hall–Kier alpha value is -3.68. The number of benzene rings is 2. The Bertz CT molecular complexity index is 964. The molecule has 0 radical (unpaired) electrons. The van der Waals surface area contributed by atoms with Crippen molar-refractivity contribution in [2.75, 3.05) is 13.7 Å². The number of non-ortho nitro benzene ring substituents is 1. The molecule has 0 aliphatic carbocycles. The van der Waals surface area contributed by atoms with Gasteiger partial charge in [0.15, 0.2) is 5.70 Å². The monoisotopic (exact) mass is 368 g/mol. The van der Waals surface area contributed by atoms with Gasteiger partial charge in [-0.2, -0.15) is 0 Å². The number of cyclic esters (lactones) is 1. The molecule has 0 atom stereocenters. The van der Waals surface area contributed by atoms with Gasteiger partial charge in [-0.1, -0.05) is 18.2 Å². The van der Waals surface area contributed by atoms with E-state index in [1.54, 1.807) is 18.2 Å². The third-order valence-electron chi connectivity index (χ3n) is 3.76. The van der Waals surface area contributed by atoms with Crippen LogP contribution in [0.25, 0.3) is 6.08 Å². The first-order valence-corrected chi connectivity index (χ1v) is 8.10. The number of nitrogens with zero attached hydrogens (tertiary/aromatic N) is 2. The van der Waals surface area contributed by atoms with E-state index in [0.29, 0.717) is 23.7 Å². The van der Waals surface area contributed by atoms with Crippen LogP contribution >= 0.6 is 0 Å². The molecule has 3 rings (SSSR count). The summed E-state index contributed by atoms with van der Waals surface area (Å²) in [6.07, 6.45) is 1.55. The lowest BCUT2D eigenvalue weighted by Crippen LogP contribution is -2.07. The lowest BCUT2D eigenvalue weighted by atomic mass is 10.1. The van der Waals surface area contributed by atoms with Crippen molar-refractivity contribution in [1.82, 2.24) is 0 Å². The highest BCUT2D eigenvalue weighted by atomic mass is 16.6. The summed E-state index contributed by atoms with van der Waals surface area (Å²) in [5.41, 5.74) is 0.790. The molecule has 8 heteroatoms. The fourth-order valence-electron chi connectivity index (χ4n) is 2.54. The van der Waals surface area contributed by atoms with Gasteiger partial charge in [-0.3, -0.25) is 10.1 Å². The molecular formula is C19H16N2O6. The average molecular weight is 368 g/mol. The van der Waals surface area contributed by atoms with Gasteiger partial charge in [0.1, 0.15) is 11.5 Å². The van der Waals surface area contributed by atoms with Crippen molar-refractivity contribution in [2.24, 2.45) is 4.99 Å². The molecule has 8 nitrogen and oxygen atoms in total. The highest BCUT2D eigenvalue weighted by Crippen LogP contribution is 2.29. The van der Waals surface area contributed by atoms with E-state index in [9.17, 15) is 14.9 Å². The molecule has 1 aliphatic rings. The number of hydrogen-bond donors (Lipinski definition) is 0. The first kappa shape index (κ1) is 18.1. The van der Waals surface area contributed by atoms with Crippen LogP contribution in [0.15, 0.2) is 53.2 Å². The summed E-state index contributed by atoms with van der Waals surface area (Å²) in [7, 11) is 1.41. The van der Waals surface area contributed by atoms with Gasteiger partial charge in [-0.05, 0) is 25.1 Å². The molecule has 0 saturated carbocycles. The highest BCUT2D eigenvalue weighted by molar-refractivity contribution is 6.14. The van der Waals surface area contributed by atoms with Gasteiger partial charge < -0.3 is 14.2 Å². The second-order valence-corrected chi connectivity index (χ2v) is 5.45. The van der Waals surface area contributed by atoms with Gasteiger partial charge in [-0.25, -0.2) is 9.79 Å². The van der Waals surface area contributed by atoms with Gasteiger partial charge in [0.25, 0.3) is 5.69 Å². The number of aliphatic imine (C=N–C) groups is 1. The third-order valence-corrected chi connectivity index (χ3v) is 3.76. The minimum absolute atomic E-state index is 0.0549. The third kappa shape index (κ3) is 3.79. The van der Waals surface area contributed by atoms with Crippen LogP contribution in [-0.2, 0) is 9.53 Å². The van der Waals surface area contributed by atoms with Crippen molar-refractivity contribution in [3.8, 4) is 11.5 Å². The topological polar surface area (TPSA) is 100 Å². The molecular weight excluding hydrogens is 352 g/mol. The number of carbonyl (C=O) groups excluding carboxylic acids is 1. The Balaban J connectivity index is 2.03. The summed E-state index contributed by atoms with van der Waals surface area (Å²) >= 11 is 0. The fraction of sp³-hybridized carbons (Fsp3) is 0.158. The van der Waals surface area contributed by atoms with Crippen molar-refractivity contribution in [2.45, 2.75) is 6.92 Å². The number of ether oxygens (including phenoxy) is 3. The summed E-state index contributed by atoms with van der Waals surface area (Å²) in [6.45, 7) is 2.34. The number of nitro benzene ring substituents is 1. The molecule has 2 aromatic rings. The molecule has 0 aromatic heterocycles. The molecule has 0 amide bonds. The number of hydrogen-bond acceptors (Lipinski definition) is 7. The maximum absolute atomic E-state index is 12.2. The molecule has 0 spiro atoms. The van der Waals surface area contributed by atoms with Crippen LogP contribution < -0.4 is 9.47 Å². The smallest absolute Gasteiger partial charge is 0.363 e. The predicted molar refractivity (Wildman–Crippen MR) is 97.9 cm³/mol. The Morgan fingerprint density at radius 1 is 1.22 bits per heavy atom. The normalized spacial score (nSPS) is 14.7. The van der Waals surface area contributed by atoms with E-state index in [2.05, 4.69) is 4.99 Å².